The SMILES string of the molecule is COc1cc(NC(=O)C2CC2)c(Cl)cc1C(=O)N[C@H]1CCN(C(c2ccccc2)C(C)C)C1. The molecular weight excluding hydrogens is 438 g/mol. The number of nitrogens with one attached hydrogen (secondary N) is 2. The average molecular weight is 470 g/mol. The summed E-state index contributed by atoms with van der Waals surface area (Å²) in [4.78, 5) is 27.7. The van der Waals surface area contributed by atoms with Gasteiger partial charge in [0.05, 0.1) is 23.4 Å². The van der Waals surface area contributed by atoms with Gasteiger partial charge in [-0.1, -0.05) is 55.8 Å². The Morgan fingerprint density at radius 1 is 1.12 bits per heavy atom. The first-order valence-electron chi connectivity index (χ1n) is 11.7. The molecule has 2 amide bonds. The van der Waals surface area contributed by atoms with Crippen LogP contribution in [-0.4, -0.2) is 43.0 Å². The Morgan fingerprint density at radius 2 is 1.85 bits per heavy atom. The number of carbonyl (C=O) groups is 2. The Bertz CT molecular complexity index is 1010. The molecule has 0 aromatic heterocycles. The van der Waals surface area contributed by atoms with Crippen LogP contribution in [0.3, 0.4) is 0 Å². The molecule has 2 fully saturated rings. The number of benzene rings is 2. The Balaban J connectivity index is 1.44. The van der Waals surface area contributed by atoms with E-state index in [0.29, 0.717) is 34.0 Å². The first-order chi connectivity index (χ1) is 15.9. The molecule has 2 atom stereocenters. The quantitative estimate of drug-likeness (QED) is 0.577. The van der Waals surface area contributed by atoms with Gasteiger partial charge in [-0.05, 0) is 36.8 Å². The lowest BCUT2D eigenvalue weighted by molar-refractivity contribution is -0.117. The summed E-state index contributed by atoms with van der Waals surface area (Å²) in [5.41, 5.74) is 2.14. The zero-order valence-electron chi connectivity index (χ0n) is 19.4. The van der Waals surface area contributed by atoms with Crippen molar-refractivity contribution in [1.29, 1.82) is 0 Å². The molecule has 1 unspecified atom stereocenters. The molecule has 1 aliphatic heterocycles. The number of likely N-dealkylation sites (tertiary alicyclic amines) is 1. The van der Waals surface area contributed by atoms with Crippen LogP contribution in [0.2, 0.25) is 5.02 Å². The minimum atomic E-state index is -0.221. The predicted octanol–water partition coefficient (Wildman–Crippen LogP) is 4.90. The fraction of sp³-hybridized carbons (Fsp3) is 0.462. The molecule has 1 heterocycles. The highest BCUT2D eigenvalue weighted by Crippen LogP contribution is 2.35. The van der Waals surface area contributed by atoms with Crippen molar-refractivity contribution in [3.63, 3.8) is 0 Å². The molecule has 2 aromatic carbocycles. The molecule has 2 aromatic rings. The molecule has 1 saturated heterocycles. The van der Waals surface area contributed by atoms with Gasteiger partial charge in [-0.15, -0.1) is 0 Å². The third-order valence-corrected chi connectivity index (χ3v) is 6.77. The van der Waals surface area contributed by atoms with Crippen LogP contribution >= 0.6 is 11.6 Å². The Morgan fingerprint density at radius 3 is 2.48 bits per heavy atom. The lowest BCUT2D eigenvalue weighted by Gasteiger charge is -2.31. The number of methoxy groups -OCH3 is 1. The molecule has 2 aliphatic rings. The number of hydrogen-bond acceptors (Lipinski definition) is 4. The maximum absolute atomic E-state index is 13.1. The van der Waals surface area contributed by atoms with Gasteiger partial charge in [-0.25, -0.2) is 0 Å². The van der Waals surface area contributed by atoms with E-state index in [9.17, 15) is 9.59 Å². The Kier molecular flexibility index (Phi) is 7.25. The number of amides is 2. The fourth-order valence-corrected chi connectivity index (χ4v) is 4.88. The van der Waals surface area contributed by atoms with Crippen LogP contribution in [0.5, 0.6) is 5.75 Å². The maximum Gasteiger partial charge on any atom is 0.255 e. The number of ether oxygens (including phenoxy) is 1. The lowest BCUT2D eigenvalue weighted by atomic mass is 9.95. The number of carbonyl (C=O) groups excluding carboxylic acids is 2. The van der Waals surface area contributed by atoms with Crippen LogP contribution in [0.15, 0.2) is 42.5 Å². The van der Waals surface area contributed by atoms with E-state index in [0.717, 1.165) is 32.4 Å². The molecule has 33 heavy (non-hydrogen) atoms. The maximum atomic E-state index is 13.1. The van der Waals surface area contributed by atoms with Crippen LogP contribution in [0.25, 0.3) is 0 Å². The van der Waals surface area contributed by atoms with Crippen LogP contribution in [0.4, 0.5) is 5.69 Å². The van der Waals surface area contributed by atoms with Crippen LogP contribution in [0.1, 0.15) is 55.1 Å². The molecular formula is C26H32ClN3O3. The molecule has 0 radical (unpaired) electrons. The topological polar surface area (TPSA) is 70.7 Å². The van der Waals surface area contributed by atoms with Crippen molar-refractivity contribution < 1.29 is 14.3 Å². The van der Waals surface area contributed by atoms with Crippen molar-refractivity contribution >= 4 is 29.1 Å². The second kappa shape index (κ2) is 10.1. The van der Waals surface area contributed by atoms with Crippen molar-refractivity contribution in [3.05, 3.63) is 58.6 Å². The Labute approximate surface area is 200 Å². The minimum Gasteiger partial charge on any atom is -0.496 e. The van der Waals surface area contributed by atoms with E-state index in [4.69, 9.17) is 16.3 Å². The van der Waals surface area contributed by atoms with Crippen LogP contribution < -0.4 is 15.4 Å². The first-order valence-corrected chi connectivity index (χ1v) is 12.0. The van der Waals surface area contributed by atoms with Gasteiger partial charge >= 0.3 is 0 Å². The third kappa shape index (κ3) is 5.50. The molecule has 1 aliphatic carbocycles. The van der Waals surface area contributed by atoms with Gasteiger partial charge in [0.15, 0.2) is 0 Å². The van der Waals surface area contributed by atoms with E-state index in [1.165, 1.54) is 12.7 Å². The zero-order chi connectivity index (χ0) is 23.5. The van der Waals surface area contributed by atoms with E-state index in [-0.39, 0.29) is 23.8 Å². The summed E-state index contributed by atoms with van der Waals surface area (Å²) >= 11 is 6.40. The monoisotopic (exact) mass is 469 g/mol. The van der Waals surface area contributed by atoms with Crippen molar-refractivity contribution in [2.24, 2.45) is 11.8 Å². The number of anilines is 1. The molecule has 1 saturated carbocycles. The molecule has 176 valence electrons. The fourth-order valence-electron chi connectivity index (χ4n) is 4.66. The highest BCUT2D eigenvalue weighted by Gasteiger charge is 2.33. The smallest absolute Gasteiger partial charge is 0.255 e. The van der Waals surface area contributed by atoms with Gasteiger partial charge in [0.25, 0.3) is 5.91 Å². The average Bonchev–Trinajstić information content (AvgIpc) is 3.56. The van der Waals surface area contributed by atoms with Crippen molar-refractivity contribution in [1.82, 2.24) is 10.2 Å². The summed E-state index contributed by atoms with van der Waals surface area (Å²) in [7, 11) is 1.51. The van der Waals surface area contributed by atoms with Crippen molar-refractivity contribution in [3.8, 4) is 5.75 Å². The largest absolute Gasteiger partial charge is 0.496 e. The standard InChI is InChI=1S/C26H32ClN3O3/c1-16(2)24(17-7-5-4-6-8-17)30-12-11-19(15-30)28-26(32)20-13-21(27)22(14-23(20)33-3)29-25(31)18-9-10-18/h4-8,13-14,16,18-19,24H,9-12,15H2,1-3H3,(H,28,32)(H,29,31)/t19-,24?/m0/s1. The van der Waals surface area contributed by atoms with Gasteiger partial charge in [0.2, 0.25) is 5.91 Å². The number of nitrogens with zero attached hydrogens (tertiary/aromatic N) is 1. The molecule has 0 spiro atoms. The summed E-state index contributed by atoms with van der Waals surface area (Å²) in [6, 6.07) is 14.1. The van der Waals surface area contributed by atoms with Crippen LogP contribution in [0, 0.1) is 11.8 Å². The zero-order valence-corrected chi connectivity index (χ0v) is 20.2. The Hall–Kier alpha value is -2.57. The molecule has 2 N–H and O–H groups in total. The number of rotatable bonds is 8. The number of hydrogen-bond donors (Lipinski definition) is 2. The predicted molar refractivity (Wildman–Crippen MR) is 131 cm³/mol. The van der Waals surface area contributed by atoms with Crippen LogP contribution in [-0.2, 0) is 4.79 Å². The van der Waals surface area contributed by atoms with E-state index >= 15 is 0 Å². The molecule has 0 bridgehead atoms. The highest BCUT2D eigenvalue weighted by molar-refractivity contribution is 6.34. The normalized spacial score (nSPS) is 19.4. The summed E-state index contributed by atoms with van der Waals surface area (Å²) in [5.74, 6) is 0.647. The van der Waals surface area contributed by atoms with Gasteiger partial charge in [-0.3, -0.25) is 14.5 Å². The molecule has 6 nitrogen and oxygen atoms in total. The molecule has 4 rings (SSSR count). The second-order valence-corrected chi connectivity index (χ2v) is 9.76. The van der Waals surface area contributed by atoms with Gasteiger partial charge < -0.3 is 15.4 Å². The third-order valence-electron chi connectivity index (χ3n) is 6.46. The minimum absolute atomic E-state index is 0.0414. The highest BCUT2D eigenvalue weighted by atomic mass is 35.5. The van der Waals surface area contributed by atoms with Gasteiger partial charge in [0.1, 0.15) is 5.75 Å². The summed E-state index contributed by atoms with van der Waals surface area (Å²) in [6.07, 6.45) is 2.69. The van der Waals surface area contributed by atoms with E-state index < -0.39 is 0 Å². The summed E-state index contributed by atoms with van der Waals surface area (Å²) in [5, 5.41) is 6.32. The van der Waals surface area contributed by atoms with Gasteiger partial charge in [0, 0.05) is 37.2 Å². The van der Waals surface area contributed by atoms with E-state index in [1.54, 1.807) is 12.1 Å². The summed E-state index contributed by atoms with van der Waals surface area (Å²) in [6.45, 7) is 6.18. The van der Waals surface area contributed by atoms with Crippen molar-refractivity contribution in [2.45, 2.75) is 45.2 Å². The number of halogens is 1. The molecule has 7 heteroatoms. The second-order valence-electron chi connectivity index (χ2n) is 9.35. The lowest BCUT2D eigenvalue weighted by Crippen LogP contribution is -2.38. The van der Waals surface area contributed by atoms with Crippen molar-refractivity contribution in [2.75, 3.05) is 25.5 Å². The van der Waals surface area contributed by atoms with Gasteiger partial charge in [-0.2, -0.15) is 0 Å². The van der Waals surface area contributed by atoms with E-state index in [1.807, 2.05) is 6.07 Å². The first kappa shape index (κ1) is 23.6. The summed E-state index contributed by atoms with van der Waals surface area (Å²) < 4.78 is 5.45. The van der Waals surface area contributed by atoms with E-state index in [2.05, 4.69) is 53.6 Å².